The Balaban J connectivity index is 1.33. The van der Waals surface area contributed by atoms with E-state index in [0.717, 1.165) is 76.3 Å². The fraction of sp³-hybridized carbons (Fsp3) is 0.609. The van der Waals surface area contributed by atoms with Gasteiger partial charge in [-0.15, -0.1) is 0 Å². The first kappa shape index (κ1) is 21.8. The minimum absolute atomic E-state index is 0.0278. The number of rotatable bonds is 7. The highest BCUT2D eigenvalue weighted by molar-refractivity contribution is 5.75. The van der Waals surface area contributed by atoms with Gasteiger partial charge in [0.1, 0.15) is 12.4 Å². The Morgan fingerprint density at radius 2 is 1.74 bits per heavy atom. The van der Waals surface area contributed by atoms with E-state index >= 15 is 0 Å². The first-order chi connectivity index (χ1) is 15.1. The van der Waals surface area contributed by atoms with E-state index in [2.05, 4.69) is 45.3 Å². The molecule has 168 valence electrons. The number of aryl methyl sites for hydroxylation is 1. The summed E-state index contributed by atoms with van der Waals surface area (Å²) in [5.74, 6) is 0.630. The molecule has 0 saturated carbocycles. The molecule has 3 heterocycles. The summed E-state index contributed by atoms with van der Waals surface area (Å²) in [4.78, 5) is 30.1. The van der Waals surface area contributed by atoms with E-state index in [1.54, 1.807) is 4.57 Å². The topological polar surface area (TPSA) is 75.4 Å². The van der Waals surface area contributed by atoms with E-state index in [1.807, 2.05) is 6.07 Å². The second kappa shape index (κ2) is 10.2. The maximum Gasteiger partial charge on any atom is 0.346 e. The molecule has 8 nitrogen and oxygen atoms in total. The van der Waals surface area contributed by atoms with E-state index < -0.39 is 0 Å². The van der Waals surface area contributed by atoms with Gasteiger partial charge in [-0.25, -0.2) is 9.48 Å². The summed E-state index contributed by atoms with van der Waals surface area (Å²) >= 11 is 0. The Bertz CT molecular complexity index is 942. The molecule has 0 aliphatic carbocycles. The molecule has 0 bridgehead atoms. The van der Waals surface area contributed by atoms with E-state index in [-0.39, 0.29) is 18.1 Å². The molecule has 31 heavy (non-hydrogen) atoms. The van der Waals surface area contributed by atoms with E-state index in [4.69, 9.17) is 0 Å². The number of hydrogen-bond donors (Lipinski definition) is 1. The van der Waals surface area contributed by atoms with Crippen molar-refractivity contribution < 1.29 is 4.79 Å². The highest BCUT2D eigenvalue weighted by Crippen LogP contribution is 2.14. The Morgan fingerprint density at radius 3 is 2.52 bits per heavy atom. The number of nitrogens with zero attached hydrogens (tertiary/aromatic N) is 5. The quantitative estimate of drug-likeness (QED) is 0.721. The zero-order valence-corrected chi connectivity index (χ0v) is 18.6. The number of aromatic nitrogens is 3. The normalized spacial score (nSPS) is 17.8. The average Bonchev–Trinajstić information content (AvgIpc) is 2.94. The number of amides is 1. The van der Waals surface area contributed by atoms with E-state index in [1.165, 1.54) is 10.2 Å². The van der Waals surface area contributed by atoms with E-state index in [0.29, 0.717) is 13.1 Å². The minimum atomic E-state index is -0.179. The van der Waals surface area contributed by atoms with Crippen molar-refractivity contribution in [1.29, 1.82) is 0 Å². The smallest absolute Gasteiger partial charge is 0.346 e. The van der Waals surface area contributed by atoms with Gasteiger partial charge >= 0.3 is 5.69 Å². The van der Waals surface area contributed by atoms with Crippen LogP contribution < -0.4 is 11.0 Å². The lowest BCUT2D eigenvalue weighted by Gasteiger charge is -2.34. The molecule has 2 aromatic rings. The minimum Gasteiger partial charge on any atom is -0.350 e. The number of piperazine rings is 1. The predicted octanol–water partition coefficient (Wildman–Crippen LogP) is 1.23. The van der Waals surface area contributed by atoms with Gasteiger partial charge in [-0.3, -0.25) is 14.3 Å². The molecule has 2 aliphatic rings. The van der Waals surface area contributed by atoms with Crippen molar-refractivity contribution in [3.8, 4) is 0 Å². The second-order valence-corrected chi connectivity index (χ2v) is 8.57. The molecule has 0 spiro atoms. The molecular formula is C23H34N6O2. The number of fused-ring (bicyclic) bond motifs is 1. The second-order valence-electron chi connectivity index (χ2n) is 8.57. The van der Waals surface area contributed by atoms with Gasteiger partial charge < -0.3 is 10.2 Å². The van der Waals surface area contributed by atoms with Gasteiger partial charge in [-0.2, -0.15) is 5.10 Å². The maximum atomic E-state index is 12.6. The van der Waals surface area contributed by atoms with Crippen LogP contribution in [0.4, 0.5) is 0 Å². The number of carbonyl (C=O) groups excluding carboxylic acids is 1. The van der Waals surface area contributed by atoms with Crippen molar-refractivity contribution in [3.05, 3.63) is 51.7 Å². The highest BCUT2D eigenvalue weighted by Gasteiger charge is 2.18. The van der Waals surface area contributed by atoms with Gasteiger partial charge in [-0.05, 0) is 30.5 Å². The van der Waals surface area contributed by atoms with Crippen LogP contribution in [-0.4, -0.2) is 62.8 Å². The third kappa shape index (κ3) is 5.43. The van der Waals surface area contributed by atoms with Gasteiger partial charge in [0.25, 0.3) is 0 Å². The summed E-state index contributed by atoms with van der Waals surface area (Å²) in [6.07, 6.45) is 3.97. The predicted molar refractivity (Wildman–Crippen MR) is 120 cm³/mol. The Kier molecular flexibility index (Phi) is 7.19. The van der Waals surface area contributed by atoms with Crippen molar-refractivity contribution in [2.45, 2.75) is 58.8 Å². The highest BCUT2D eigenvalue weighted by atomic mass is 16.2. The molecule has 0 unspecified atom stereocenters. The van der Waals surface area contributed by atoms with Crippen molar-refractivity contribution in [2.75, 3.05) is 32.7 Å². The molecule has 1 aromatic carbocycles. The van der Waals surface area contributed by atoms with Gasteiger partial charge in [0.05, 0.1) is 0 Å². The number of nitrogens with one attached hydrogen (secondary N) is 1. The first-order valence-corrected chi connectivity index (χ1v) is 11.6. The lowest BCUT2D eigenvalue weighted by molar-refractivity contribution is -0.122. The Morgan fingerprint density at radius 1 is 1.00 bits per heavy atom. The van der Waals surface area contributed by atoms with Crippen LogP contribution in [0.2, 0.25) is 0 Å². The zero-order chi connectivity index (χ0) is 21.6. The van der Waals surface area contributed by atoms with Crippen molar-refractivity contribution in [1.82, 2.24) is 29.5 Å². The fourth-order valence-electron chi connectivity index (χ4n) is 4.50. The molecule has 1 amide bonds. The molecule has 0 radical (unpaired) electrons. The third-order valence-corrected chi connectivity index (χ3v) is 6.48. The lowest BCUT2D eigenvalue weighted by Crippen LogP contribution is -2.45. The Labute approximate surface area is 183 Å². The number of likely N-dealkylation sites (N-methyl/N-ethyl adjacent to an activating group) is 1. The van der Waals surface area contributed by atoms with Crippen LogP contribution in [0.1, 0.15) is 43.1 Å². The van der Waals surface area contributed by atoms with Crippen LogP contribution in [0, 0.1) is 0 Å². The van der Waals surface area contributed by atoms with Crippen LogP contribution in [0.3, 0.4) is 0 Å². The van der Waals surface area contributed by atoms with Gasteiger partial charge in [-0.1, -0.05) is 37.6 Å². The first-order valence-electron chi connectivity index (χ1n) is 11.6. The molecule has 0 atom stereocenters. The van der Waals surface area contributed by atoms with Gasteiger partial charge in [0.15, 0.2) is 0 Å². The number of carbonyl (C=O) groups is 1. The summed E-state index contributed by atoms with van der Waals surface area (Å²) in [6, 6.07) is 8.28. The maximum absolute atomic E-state index is 12.6. The zero-order valence-electron chi connectivity index (χ0n) is 18.6. The van der Waals surface area contributed by atoms with Gasteiger partial charge in [0.2, 0.25) is 5.91 Å². The largest absolute Gasteiger partial charge is 0.350 e. The van der Waals surface area contributed by atoms with Crippen LogP contribution in [-0.2, 0) is 37.4 Å². The van der Waals surface area contributed by atoms with Crippen LogP contribution in [0.15, 0.2) is 29.1 Å². The average molecular weight is 427 g/mol. The van der Waals surface area contributed by atoms with Crippen molar-refractivity contribution in [3.63, 3.8) is 0 Å². The summed E-state index contributed by atoms with van der Waals surface area (Å²) in [7, 11) is 0. The van der Waals surface area contributed by atoms with Crippen molar-refractivity contribution in [2.24, 2.45) is 0 Å². The molecular weight excluding hydrogens is 392 g/mol. The van der Waals surface area contributed by atoms with Crippen molar-refractivity contribution >= 4 is 5.91 Å². The van der Waals surface area contributed by atoms with E-state index in [9.17, 15) is 9.59 Å². The van der Waals surface area contributed by atoms with Gasteiger partial charge in [0, 0.05) is 52.2 Å². The standard InChI is InChI=1S/C23H34N6O2/c1-2-26-12-14-27(15-13-26)17-20-9-6-5-8-19(20)16-24-22(30)18-29-23(31)28-11-7-3-4-10-21(28)25-29/h5-6,8-9H,2-4,7,10-18H2,1H3,(H,24,30). The lowest BCUT2D eigenvalue weighted by atomic mass is 10.1. The molecule has 8 heteroatoms. The third-order valence-electron chi connectivity index (χ3n) is 6.48. The molecule has 1 saturated heterocycles. The molecule has 1 fully saturated rings. The van der Waals surface area contributed by atoms with Crippen LogP contribution in [0.5, 0.6) is 0 Å². The Hall–Kier alpha value is -2.45. The summed E-state index contributed by atoms with van der Waals surface area (Å²) in [5, 5.41) is 7.40. The summed E-state index contributed by atoms with van der Waals surface area (Å²) < 4.78 is 3.04. The SMILES string of the molecule is CCN1CCN(Cc2ccccc2CNC(=O)Cn2nc3n(c2=O)CCCCC3)CC1. The number of benzene rings is 1. The summed E-state index contributed by atoms with van der Waals surface area (Å²) in [6.45, 7) is 9.72. The molecule has 1 N–H and O–H groups in total. The summed E-state index contributed by atoms with van der Waals surface area (Å²) in [5.41, 5.74) is 2.21. The monoisotopic (exact) mass is 426 g/mol. The van der Waals surface area contributed by atoms with Crippen LogP contribution >= 0.6 is 0 Å². The molecule has 2 aliphatic heterocycles. The molecule has 4 rings (SSSR count). The van der Waals surface area contributed by atoms with Crippen LogP contribution in [0.25, 0.3) is 0 Å². The fourth-order valence-corrected chi connectivity index (χ4v) is 4.50. The number of hydrogen-bond acceptors (Lipinski definition) is 5. The molecule has 1 aromatic heterocycles.